The van der Waals surface area contributed by atoms with Crippen molar-refractivity contribution in [3.63, 3.8) is 0 Å². The first-order valence-corrected chi connectivity index (χ1v) is 9.41. The second kappa shape index (κ2) is 7.89. The average molecular weight is 406 g/mol. The molecule has 7 heteroatoms. The summed E-state index contributed by atoms with van der Waals surface area (Å²) in [5.74, 6) is -0.168. The minimum absolute atomic E-state index is 0.0676. The zero-order chi connectivity index (χ0) is 19.6. The van der Waals surface area contributed by atoms with Crippen LogP contribution in [0.1, 0.15) is 25.8 Å². The smallest absolute Gasteiger partial charge is 0.244 e. The topological polar surface area (TPSA) is 61.4 Å². The summed E-state index contributed by atoms with van der Waals surface area (Å²) < 4.78 is 0. The molecule has 1 atom stereocenters. The lowest BCUT2D eigenvalue weighted by Crippen LogP contribution is -2.63. The van der Waals surface area contributed by atoms with Gasteiger partial charge in [0.2, 0.25) is 11.8 Å². The monoisotopic (exact) mass is 405 g/mol. The highest BCUT2D eigenvalue weighted by Crippen LogP contribution is 2.34. The number of halogens is 2. The van der Waals surface area contributed by atoms with E-state index in [4.69, 9.17) is 23.2 Å². The Morgan fingerprint density at radius 3 is 2.26 bits per heavy atom. The van der Waals surface area contributed by atoms with Crippen molar-refractivity contribution < 1.29 is 9.59 Å². The molecule has 0 radical (unpaired) electrons. The number of carbonyl (C=O) groups is 2. The summed E-state index contributed by atoms with van der Waals surface area (Å²) in [6, 6.07) is 12.7. The lowest BCUT2D eigenvalue weighted by Gasteiger charge is -2.49. The SMILES string of the molecule is CC(=O)Nc1ccc(CN2CCC2(C)C(=O)Nc2ccc(Cl)c(Cl)c2)cc1. The number of rotatable bonds is 5. The summed E-state index contributed by atoms with van der Waals surface area (Å²) in [6.07, 6.45) is 0.782. The van der Waals surface area contributed by atoms with E-state index in [-0.39, 0.29) is 11.8 Å². The summed E-state index contributed by atoms with van der Waals surface area (Å²) in [7, 11) is 0. The van der Waals surface area contributed by atoms with E-state index in [1.165, 1.54) is 6.92 Å². The highest BCUT2D eigenvalue weighted by atomic mass is 35.5. The van der Waals surface area contributed by atoms with Gasteiger partial charge < -0.3 is 10.6 Å². The van der Waals surface area contributed by atoms with Crippen molar-refractivity contribution in [1.82, 2.24) is 4.90 Å². The summed E-state index contributed by atoms with van der Waals surface area (Å²) in [5.41, 5.74) is 1.89. The third-order valence-electron chi connectivity index (χ3n) is 4.88. The summed E-state index contributed by atoms with van der Waals surface area (Å²) in [5, 5.41) is 6.53. The number of likely N-dealkylation sites (tertiary alicyclic amines) is 1. The Morgan fingerprint density at radius 2 is 1.70 bits per heavy atom. The van der Waals surface area contributed by atoms with Crippen molar-refractivity contribution in [3.8, 4) is 0 Å². The number of hydrogen-bond acceptors (Lipinski definition) is 3. The van der Waals surface area contributed by atoms with Gasteiger partial charge in [-0.25, -0.2) is 0 Å². The number of hydrogen-bond donors (Lipinski definition) is 2. The van der Waals surface area contributed by atoms with Crippen LogP contribution in [-0.4, -0.2) is 28.8 Å². The zero-order valence-electron chi connectivity index (χ0n) is 15.2. The van der Waals surface area contributed by atoms with Crippen LogP contribution in [0.3, 0.4) is 0 Å². The van der Waals surface area contributed by atoms with Gasteiger partial charge in [0.1, 0.15) is 0 Å². The lowest BCUT2D eigenvalue weighted by atomic mass is 9.85. The highest BCUT2D eigenvalue weighted by molar-refractivity contribution is 6.42. The first-order valence-electron chi connectivity index (χ1n) is 8.66. The Balaban J connectivity index is 1.64. The predicted molar refractivity (Wildman–Crippen MR) is 109 cm³/mol. The molecule has 1 saturated heterocycles. The van der Waals surface area contributed by atoms with Gasteiger partial charge in [0.15, 0.2) is 0 Å². The Kier molecular flexibility index (Phi) is 5.75. The number of anilines is 2. The van der Waals surface area contributed by atoms with Crippen LogP contribution in [0.15, 0.2) is 42.5 Å². The Labute approximate surface area is 168 Å². The molecule has 1 aliphatic heterocycles. The standard InChI is InChI=1S/C20H21Cl2N3O2/c1-13(26)23-15-5-3-14(4-6-15)12-25-10-9-20(25,2)19(27)24-16-7-8-17(21)18(22)11-16/h3-8,11H,9-10,12H2,1-2H3,(H,23,26)(H,24,27). The number of carbonyl (C=O) groups excluding carboxylic acids is 2. The zero-order valence-corrected chi connectivity index (χ0v) is 16.7. The van der Waals surface area contributed by atoms with Crippen molar-refractivity contribution in [1.29, 1.82) is 0 Å². The number of nitrogens with zero attached hydrogens (tertiary/aromatic N) is 1. The molecule has 0 aromatic heterocycles. The van der Waals surface area contributed by atoms with Crippen LogP contribution < -0.4 is 10.6 Å². The van der Waals surface area contributed by atoms with Crippen LogP contribution in [0.5, 0.6) is 0 Å². The van der Waals surface area contributed by atoms with Crippen molar-refractivity contribution in [2.45, 2.75) is 32.4 Å². The molecule has 2 amide bonds. The van der Waals surface area contributed by atoms with Gasteiger partial charge in [-0.05, 0) is 49.2 Å². The second-order valence-corrected chi connectivity index (χ2v) is 7.72. The average Bonchev–Trinajstić information content (AvgIpc) is 2.62. The van der Waals surface area contributed by atoms with Crippen LogP contribution in [0.2, 0.25) is 10.0 Å². The molecule has 0 bridgehead atoms. The lowest BCUT2D eigenvalue weighted by molar-refractivity contribution is -0.136. The molecule has 27 heavy (non-hydrogen) atoms. The Hall–Kier alpha value is -2.08. The van der Waals surface area contributed by atoms with Crippen molar-refractivity contribution in [3.05, 3.63) is 58.1 Å². The van der Waals surface area contributed by atoms with Gasteiger partial charge in [0.25, 0.3) is 0 Å². The van der Waals surface area contributed by atoms with E-state index in [2.05, 4.69) is 15.5 Å². The van der Waals surface area contributed by atoms with Gasteiger partial charge in [-0.3, -0.25) is 14.5 Å². The van der Waals surface area contributed by atoms with Crippen LogP contribution in [0.25, 0.3) is 0 Å². The van der Waals surface area contributed by atoms with E-state index >= 15 is 0 Å². The Bertz CT molecular complexity index is 870. The molecule has 2 aromatic carbocycles. The molecule has 1 aliphatic rings. The first-order chi connectivity index (χ1) is 12.8. The molecule has 2 N–H and O–H groups in total. The molecule has 0 spiro atoms. The Morgan fingerprint density at radius 1 is 1.04 bits per heavy atom. The van der Waals surface area contributed by atoms with E-state index < -0.39 is 5.54 Å². The maximum atomic E-state index is 12.8. The summed E-state index contributed by atoms with van der Waals surface area (Å²) >= 11 is 11.9. The molecule has 0 saturated carbocycles. The van der Waals surface area contributed by atoms with Crippen molar-refractivity contribution >= 4 is 46.4 Å². The number of nitrogens with one attached hydrogen (secondary N) is 2. The summed E-state index contributed by atoms with van der Waals surface area (Å²) in [6.45, 7) is 4.92. The van der Waals surface area contributed by atoms with Crippen molar-refractivity contribution in [2.75, 3.05) is 17.2 Å². The van der Waals surface area contributed by atoms with Crippen molar-refractivity contribution in [2.24, 2.45) is 0 Å². The van der Waals surface area contributed by atoms with Gasteiger partial charge in [-0.15, -0.1) is 0 Å². The third-order valence-corrected chi connectivity index (χ3v) is 5.62. The van der Waals surface area contributed by atoms with E-state index in [1.54, 1.807) is 18.2 Å². The molecule has 0 aliphatic carbocycles. The molecular formula is C20H21Cl2N3O2. The fourth-order valence-corrected chi connectivity index (χ4v) is 3.37. The number of amides is 2. The van der Waals surface area contributed by atoms with Crippen LogP contribution in [0, 0.1) is 0 Å². The highest BCUT2D eigenvalue weighted by Gasteiger charge is 2.46. The maximum Gasteiger partial charge on any atom is 0.244 e. The fraction of sp³-hybridized carbons (Fsp3) is 0.300. The molecule has 142 valence electrons. The van der Waals surface area contributed by atoms with E-state index in [0.29, 0.717) is 22.3 Å². The molecule has 2 aromatic rings. The first kappa shape index (κ1) is 19.7. The maximum absolute atomic E-state index is 12.8. The molecule has 5 nitrogen and oxygen atoms in total. The quantitative estimate of drug-likeness (QED) is 0.766. The van der Waals surface area contributed by atoms with Gasteiger partial charge in [0.05, 0.1) is 15.6 Å². The molecule has 3 rings (SSSR count). The van der Waals surface area contributed by atoms with E-state index in [9.17, 15) is 9.59 Å². The van der Waals surface area contributed by atoms with Gasteiger partial charge in [-0.2, -0.15) is 0 Å². The molecule has 1 heterocycles. The largest absolute Gasteiger partial charge is 0.326 e. The third kappa shape index (κ3) is 4.43. The predicted octanol–water partition coefficient (Wildman–Crippen LogP) is 4.55. The van der Waals surface area contributed by atoms with Crippen LogP contribution in [0.4, 0.5) is 11.4 Å². The molecular weight excluding hydrogens is 385 g/mol. The van der Waals surface area contributed by atoms with Gasteiger partial charge in [0, 0.05) is 31.4 Å². The van der Waals surface area contributed by atoms with Gasteiger partial charge >= 0.3 is 0 Å². The van der Waals surface area contributed by atoms with Crippen LogP contribution in [-0.2, 0) is 16.1 Å². The minimum Gasteiger partial charge on any atom is -0.326 e. The molecule has 1 unspecified atom stereocenters. The number of benzene rings is 2. The second-order valence-electron chi connectivity index (χ2n) is 6.91. The fourth-order valence-electron chi connectivity index (χ4n) is 3.07. The van der Waals surface area contributed by atoms with Gasteiger partial charge in [-0.1, -0.05) is 35.3 Å². The van der Waals surface area contributed by atoms with E-state index in [0.717, 1.165) is 24.2 Å². The normalized spacial score (nSPS) is 19.3. The van der Waals surface area contributed by atoms with Crippen LogP contribution >= 0.6 is 23.2 Å². The summed E-state index contributed by atoms with van der Waals surface area (Å²) in [4.78, 5) is 26.0. The minimum atomic E-state index is -0.581. The molecule has 1 fully saturated rings. The van der Waals surface area contributed by atoms with E-state index in [1.807, 2.05) is 31.2 Å².